The van der Waals surface area contributed by atoms with Crippen LogP contribution in [-0.4, -0.2) is 34.4 Å². The molecule has 0 saturated heterocycles. The van der Waals surface area contributed by atoms with Gasteiger partial charge in [-0.1, -0.05) is 0 Å². The summed E-state index contributed by atoms with van der Waals surface area (Å²) in [6.45, 7) is 0. The largest absolute Gasteiger partial charge is 0.494 e. The maximum atomic E-state index is 13.5. The van der Waals surface area contributed by atoms with Crippen molar-refractivity contribution < 1.29 is 13.9 Å². The molecule has 8 heteroatoms. The third-order valence-corrected chi connectivity index (χ3v) is 3.98. The van der Waals surface area contributed by atoms with Gasteiger partial charge in [-0.2, -0.15) is 0 Å². The molecule has 0 aliphatic heterocycles. The summed E-state index contributed by atoms with van der Waals surface area (Å²) in [7, 11) is 2.96. The highest BCUT2D eigenvalue weighted by molar-refractivity contribution is 9.10. The molecule has 0 N–H and O–H groups in total. The van der Waals surface area contributed by atoms with Crippen LogP contribution in [0.3, 0.4) is 0 Å². The average Bonchev–Trinajstić information content (AvgIpc) is 2.94. The molecule has 118 valence electrons. The van der Waals surface area contributed by atoms with Gasteiger partial charge in [0.25, 0.3) is 5.91 Å². The second-order valence-corrected chi connectivity index (χ2v) is 5.58. The van der Waals surface area contributed by atoms with Gasteiger partial charge in [0.05, 0.1) is 19.5 Å². The maximum Gasteiger partial charge on any atom is 0.278 e. The summed E-state index contributed by atoms with van der Waals surface area (Å²) in [4.78, 5) is 22.2. The monoisotopic (exact) mass is 378 g/mol. The number of hydrogen-bond acceptors (Lipinski definition) is 4. The predicted octanol–water partition coefficient (Wildman–Crippen LogP) is 2.92. The molecule has 1 amide bonds. The third-order valence-electron chi connectivity index (χ3n) is 3.40. The first kappa shape index (κ1) is 15.4. The van der Waals surface area contributed by atoms with Crippen molar-refractivity contribution in [2.24, 2.45) is 0 Å². The molecule has 0 saturated carbocycles. The molecule has 0 radical (unpaired) electrons. The molecule has 2 heterocycles. The molecule has 0 aliphatic carbocycles. The maximum absolute atomic E-state index is 13.5. The molecule has 0 atom stereocenters. The molecule has 0 spiro atoms. The van der Waals surface area contributed by atoms with Crippen LogP contribution in [0.25, 0.3) is 5.65 Å². The Bertz CT molecular complexity index is 896. The van der Waals surface area contributed by atoms with Gasteiger partial charge in [0.1, 0.15) is 10.3 Å². The van der Waals surface area contributed by atoms with Crippen LogP contribution in [-0.2, 0) is 0 Å². The van der Waals surface area contributed by atoms with Crippen molar-refractivity contribution in [3.63, 3.8) is 0 Å². The molecular weight excluding hydrogens is 367 g/mol. The number of fused-ring (bicyclic) bond motifs is 1. The highest BCUT2D eigenvalue weighted by Crippen LogP contribution is 2.24. The van der Waals surface area contributed by atoms with E-state index in [0.717, 1.165) is 4.60 Å². The van der Waals surface area contributed by atoms with Gasteiger partial charge in [-0.05, 0) is 28.1 Å². The van der Waals surface area contributed by atoms with E-state index in [2.05, 4.69) is 25.9 Å². The van der Waals surface area contributed by atoms with Crippen molar-refractivity contribution in [2.45, 2.75) is 0 Å². The lowest BCUT2D eigenvalue weighted by molar-refractivity contribution is 0.0987. The van der Waals surface area contributed by atoms with Gasteiger partial charge in [0.15, 0.2) is 17.2 Å². The lowest BCUT2D eigenvalue weighted by atomic mass is 10.2. The molecule has 3 rings (SSSR count). The minimum absolute atomic E-state index is 0.0721. The average molecular weight is 379 g/mol. The van der Waals surface area contributed by atoms with Crippen LogP contribution >= 0.6 is 15.9 Å². The van der Waals surface area contributed by atoms with Crippen LogP contribution in [0.15, 0.2) is 41.4 Å². The number of methoxy groups -OCH3 is 1. The first-order chi connectivity index (χ1) is 11.0. The normalized spacial score (nSPS) is 10.8. The van der Waals surface area contributed by atoms with Crippen molar-refractivity contribution in [1.82, 2.24) is 14.4 Å². The molecule has 23 heavy (non-hydrogen) atoms. The Morgan fingerprint density at radius 2 is 2.13 bits per heavy atom. The van der Waals surface area contributed by atoms with Gasteiger partial charge >= 0.3 is 0 Å². The minimum atomic E-state index is -0.487. The zero-order valence-electron chi connectivity index (χ0n) is 12.3. The smallest absolute Gasteiger partial charge is 0.278 e. The first-order valence-corrected chi connectivity index (χ1v) is 7.40. The zero-order chi connectivity index (χ0) is 16.6. The van der Waals surface area contributed by atoms with E-state index in [9.17, 15) is 9.18 Å². The number of nitrogens with zero attached hydrogens (tertiary/aromatic N) is 4. The number of benzene rings is 1. The Kier molecular flexibility index (Phi) is 3.99. The van der Waals surface area contributed by atoms with Gasteiger partial charge < -0.3 is 9.64 Å². The van der Waals surface area contributed by atoms with Gasteiger partial charge in [-0.25, -0.2) is 14.4 Å². The molecule has 1 aromatic carbocycles. The number of aromatic nitrogens is 3. The van der Waals surface area contributed by atoms with Crippen LogP contribution in [0.5, 0.6) is 5.75 Å². The summed E-state index contributed by atoms with van der Waals surface area (Å²) in [6, 6.07) is 4.21. The SMILES string of the molecule is COc1cc(N(C)C(=O)c2cn3c(Br)cnc3cn2)ccc1F. The van der Waals surface area contributed by atoms with Crippen molar-refractivity contribution in [2.75, 3.05) is 19.1 Å². The van der Waals surface area contributed by atoms with Crippen molar-refractivity contribution in [3.8, 4) is 5.75 Å². The summed E-state index contributed by atoms with van der Waals surface area (Å²) in [5.41, 5.74) is 1.36. The molecule has 0 bridgehead atoms. The Morgan fingerprint density at radius 3 is 2.87 bits per heavy atom. The van der Waals surface area contributed by atoms with E-state index in [4.69, 9.17) is 4.74 Å². The highest BCUT2D eigenvalue weighted by Gasteiger charge is 2.17. The van der Waals surface area contributed by atoms with Crippen LogP contribution < -0.4 is 9.64 Å². The molecular formula is C15H12BrFN4O2. The van der Waals surface area contributed by atoms with E-state index in [1.165, 1.54) is 36.4 Å². The predicted molar refractivity (Wildman–Crippen MR) is 86.4 cm³/mol. The Morgan fingerprint density at radius 1 is 1.35 bits per heavy atom. The number of carbonyl (C=O) groups excluding carboxylic acids is 1. The first-order valence-electron chi connectivity index (χ1n) is 6.61. The molecule has 0 aliphatic rings. The second kappa shape index (κ2) is 5.96. The summed E-state index contributed by atoms with van der Waals surface area (Å²) in [5.74, 6) is -0.747. The van der Waals surface area contributed by atoms with Crippen molar-refractivity contribution in [3.05, 3.63) is 52.9 Å². The number of rotatable bonds is 3. The number of carbonyl (C=O) groups is 1. The lowest BCUT2D eigenvalue weighted by Gasteiger charge is -2.18. The summed E-state index contributed by atoms with van der Waals surface area (Å²) < 4.78 is 20.8. The van der Waals surface area contributed by atoms with Crippen LogP contribution in [0.1, 0.15) is 10.5 Å². The number of imidazole rings is 1. The fourth-order valence-corrected chi connectivity index (χ4v) is 2.50. The molecule has 6 nitrogen and oxygen atoms in total. The Hall–Kier alpha value is -2.48. The van der Waals surface area contributed by atoms with E-state index in [0.29, 0.717) is 11.3 Å². The highest BCUT2D eigenvalue weighted by atomic mass is 79.9. The number of ether oxygens (including phenoxy) is 1. The van der Waals surface area contributed by atoms with Gasteiger partial charge in [0.2, 0.25) is 0 Å². The van der Waals surface area contributed by atoms with E-state index in [1.807, 2.05) is 0 Å². The van der Waals surface area contributed by atoms with E-state index in [-0.39, 0.29) is 17.4 Å². The van der Waals surface area contributed by atoms with E-state index < -0.39 is 5.82 Å². The number of halogens is 2. The van der Waals surface area contributed by atoms with Gasteiger partial charge in [0, 0.05) is 25.0 Å². The Balaban J connectivity index is 1.95. The Labute approximate surface area is 139 Å². The fraction of sp³-hybridized carbons (Fsp3) is 0.133. The van der Waals surface area contributed by atoms with Crippen LogP contribution in [0.2, 0.25) is 0 Å². The lowest BCUT2D eigenvalue weighted by Crippen LogP contribution is -2.27. The number of amides is 1. The zero-order valence-corrected chi connectivity index (χ0v) is 13.9. The van der Waals surface area contributed by atoms with E-state index in [1.54, 1.807) is 23.8 Å². The fourth-order valence-electron chi connectivity index (χ4n) is 2.12. The molecule has 0 fully saturated rings. The molecule has 0 unspecified atom stereocenters. The van der Waals surface area contributed by atoms with Crippen molar-refractivity contribution >= 4 is 33.2 Å². The molecule has 2 aromatic heterocycles. The topological polar surface area (TPSA) is 59.7 Å². The number of hydrogen-bond donors (Lipinski definition) is 0. The third kappa shape index (κ3) is 2.77. The molecule has 3 aromatic rings. The van der Waals surface area contributed by atoms with Gasteiger partial charge in [-0.3, -0.25) is 9.20 Å². The van der Waals surface area contributed by atoms with Crippen LogP contribution in [0, 0.1) is 5.82 Å². The summed E-state index contributed by atoms with van der Waals surface area (Å²) >= 11 is 3.35. The minimum Gasteiger partial charge on any atom is -0.494 e. The summed E-state index contributed by atoms with van der Waals surface area (Å²) in [6.07, 6.45) is 4.73. The number of anilines is 1. The second-order valence-electron chi connectivity index (χ2n) is 4.76. The van der Waals surface area contributed by atoms with Crippen molar-refractivity contribution in [1.29, 1.82) is 0 Å². The summed E-state index contributed by atoms with van der Waals surface area (Å²) in [5, 5.41) is 0. The van der Waals surface area contributed by atoms with Crippen LogP contribution in [0.4, 0.5) is 10.1 Å². The quantitative estimate of drug-likeness (QED) is 0.702. The standard InChI is InChI=1S/C15H12BrFN4O2/c1-20(9-3-4-10(17)12(5-9)23-2)15(22)11-8-21-13(16)6-19-14(21)7-18-11/h3-8H,1-2H3. The van der Waals surface area contributed by atoms with Gasteiger partial charge in [-0.15, -0.1) is 0 Å². The van der Waals surface area contributed by atoms with E-state index >= 15 is 0 Å².